The molecular formula is C20H30IN9. The largest absolute Gasteiger partial charge is 0.370 e. The topological polar surface area (TPSA) is 90.0 Å². The van der Waals surface area contributed by atoms with Gasteiger partial charge in [0, 0.05) is 70.9 Å². The summed E-state index contributed by atoms with van der Waals surface area (Å²) in [6.07, 6.45) is 5.42. The van der Waals surface area contributed by atoms with Crippen molar-refractivity contribution in [1.29, 1.82) is 0 Å². The molecule has 2 aliphatic heterocycles. The molecule has 2 aromatic rings. The molecule has 10 heteroatoms. The standard InChI is InChI=1S/C20H29N9.HI/c1-26-7-9-27(10-8-26)18-15-17(3-6-22-18)16-25-19(21)28-11-13-29(14-12-28)20-23-4-2-5-24-20;/h2-6,15H,7-14,16H2,1H3,(H2,21,25);1H. The van der Waals surface area contributed by atoms with E-state index in [1.54, 1.807) is 12.4 Å². The average molecular weight is 523 g/mol. The van der Waals surface area contributed by atoms with Gasteiger partial charge in [-0.05, 0) is 30.8 Å². The molecule has 2 aliphatic rings. The summed E-state index contributed by atoms with van der Waals surface area (Å²) < 4.78 is 0. The Hall–Kier alpha value is -2.21. The SMILES string of the molecule is CN1CCN(c2cc(CN=C(N)N3CCN(c4ncccn4)CC3)ccn2)CC1.I. The number of piperazine rings is 2. The molecule has 0 spiro atoms. The average Bonchev–Trinajstić information content (AvgIpc) is 2.79. The summed E-state index contributed by atoms with van der Waals surface area (Å²) in [7, 11) is 2.16. The fraction of sp³-hybridized carbons (Fsp3) is 0.500. The maximum atomic E-state index is 6.27. The number of aliphatic imine (C=N–C) groups is 1. The normalized spacial score (nSPS) is 18.3. The number of aromatic nitrogens is 3. The molecule has 4 rings (SSSR count). The smallest absolute Gasteiger partial charge is 0.225 e. The van der Waals surface area contributed by atoms with Crippen LogP contribution in [0.25, 0.3) is 0 Å². The Morgan fingerprint density at radius 1 is 0.933 bits per heavy atom. The van der Waals surface area contributed by atoms with Crippen LogP contribution in [-0.4, -0.2) is 90.1 Å². The van der Waals surface area contributed by atoms with Crippen molar-refractivity contribution in [3.05, 3.63) is 42.4 Å². The maximum absolute atomic E-state index is 6.27. The second-order valence-corrected chi connectivity index (χ2v) is 7.51. The predicted molar refractivity (Wildman–Crippen MR) is 131 cm³/mol. The molecule has 0 aromatic carbocycles. The van der Waals surface area contributed by atoms with Gasteiger partial charge in [0.2, 0.25) is 5.95 Å². The zero-order valence-electron chi connectivity index (χ0n) is 17.4. The third-order valence-electron chi connectivity index (χ3n) is 5.50. The quantitative estimate of drug-likeness (QED) is 0.359. The molecule has 2 saturated heterocycles. The van der Waals surface area contributed by atoms with Gasteiger partial charge in [-0.2, -0.15) is 0 Å². The number of nitrogens with zero attached hydrogens (tertiary/aromatic N) is 8. The van der Waals surface area contributed by atoms with E-state index in [4.69, 9.17) is 5.73 Å². The third-order valence-corrected chi connectivity index (χ3v) is 5.50. The van der Waals surface area contributed by atoms with Crippen LogP contribution in [0.4, 0.5) is 11.8 Å². The first kappa shape index (κ1) is 22.5. The number of halogens is 1. The summed E-state index contributed by atoms with van der Waals surface area (Å²) in [6, 6.07) is 5.98. The van der Waals surface area contributed by atoms with Gasteiger partial charge >= 0.3 is 0 Å². The Kier molecular flexibility index (Phi) is 8.02. The monoisotopic (exact) mass is 523 g/mol. The highest BCUT2D eigenvalue weighted by molar-refractivity contribution is 14.0. The first-order valence-corrected chi connectivity index (χ1v) is 10.1. The number of anilines is 2. The Balaban J connectivity index is 0.00000256. The lowest BCUT2D eigenvalue weighted by atomic mass is 10.2. The number of pyridine rings is 1. The van der Waals surface area contributed by atoms with E-state index in [9.17, 15) is 0 Å². The highest BCUT2D eigenvalue weighted by atomic mass is 127. The molecule has 30 heavy (non-hydrogen) atoms. The number of hydrogen-bond acceptors (Lipinski definition) is 7. The van der Waals surface area contributed by atoms with Crippen molar-refractivity contribution in [2.45, 2.75) is 6.54 Å². The van der Waals surface area contributed by atoms with Gasteiger partial charge in [-0.15, -0.1) is 24.0 Å². The second-order valence-electron chi connectivity index (χ2n) is 7.51. The maximum Gasteiger partial charge on any atom is 0.225 e. The van der Waals surface area contributed by atoms with Crippen LogP contribution in [0.2, 0.25) is 0 Å². The Morgan fingerprint density at radius 2 is 1.60 bits per heavy atom. The molecule has 4 heterocycles. The Morgan fingerprint density at radius 3 is 2.30 bits per heavy atom. The van der Waals surface area contributed by atoms with Crippen molar-refractivity contribution in [3.8, 4) is 0 Å². The van der Waals surface area contributed by atoms with Crippen LogP contribution in [0.15, 0.2) is 41.8 Å². The van der Waals surface area contributed by atoms with Crippen molar-refractivity contribution in [1.82, 2.24) is 24.8 Å². The molecule has 162 valence electrons. The van der Waals surface area contributed by atoms with Crippen LogP contribution >= 0.6 is 24.0 Å². The molecule has 0 unspecified atom stereocenters. The van der Waals surface area contributed by atoms with E-state index in [2.05, 4.69) is 52.7 Å². The molecule has 0 amide bonds. The molecule has 0 bridgehead atoms. The van der Waals surface area contributed by atoms with Crippen molar-refractivity contribution < 1.29 is 0 Å². The van der Waals surface area contributed by atoms with Crippen molar-refractivity contribution in [2.24, 2.45) is 10.7 Å². The highest BCUT2D eigenvalue weighted by Gasteiger charge is 2.20. The van der Waals surface area contributed by atoms with Crippen molar-refractivity contribution >= 4 is 41.7 Å². The number of likely N-dealkylation sites (N-methyl/N-ethyl adjacent to an activating group) is 1. The van der Waals surface area contributed by atoms with E-state index >= 15 is 0 Å². The van der Waals surface area contributed by atoms with Gasteiger partial charge in [0.05, 0.1) is 6.54 Å². The van der Waals surface area contributed by atoms with Crippen LogP contribution in [0, 0.1) is 0 Å². The van der Waals surface area contributed by atoms with Gasteiger partial charge in [-0.25, -0.2) is 19.9 Å². The van der Waals surface area contributed by atoms with E-state index in [0.29, 0.717) is 12.5 Å². The minimum atomic E-state index is 0. The highest BCUT2D eigenvalue weighted by Crippen LogP contribution is 2.16. The number of hydrogen-bond donors (Lipinski definition) is 1. The number of guanidine groups is 1. The van der Waals surface area contributed by atoms with Crippen LogP contribution in [0.1, 0.15) is 5.56 Å². The van der Waals surface area contributed by atoms with E-state index in [1.165, 1.54) is 0 Å². The summed E-state index contributed by atoms with van der Waals surface area (Å²) in [5.74, 6) is 2.40. The molecular weight excluding hydrogens is 493 g/mol. The lowest BCUT2D eigenvalue weighted by molar-refractivity contribution is 0.312. The van der Waals surface area contributed by atoms with Crippen molar-refractivity contribution in [3.63, 3.8) is 0 Å². The summed E-state index contributed by atoms with van der Waals surface area (Å²) in [5.41, 5.74) is 7.40. The van der Waals surface area contributed by atoms with Gasteiger partial charge in [-0.1, -0.05) is 0 Å². The van der Waals surface area contributed by atoms with Crippen LogP contribution < -0.4 is 15.5 Å². The molecule has 2 aromatic heterocycles. The van der Waals surface area contributed by atoms with E-state index in [-0.39, 0.29) is 24.0 Å². The van der Waals surface area contributed by atoms with E-state index in [1.807, 2.05) is 18.3 Å². The Labute approximate surface area is 195 Å². The minimum absolute atomic E-state index is 0. The van der Waals surface area contributed by atoms with Gasteiger partial charge < -0.3 is 25.3 Å². The lowest BCUT2D eigenvalue weighted by Gasteiger charge is -2.35. The molecule has 2 fully saturated rings. The first-order valence-electron chi connectivity index (χ1n) is 10.1. The van der Waals surface area contributed by atoms with Crippen LogP contribution in [0.5, 0.6) is 0 Å². The predicted octanol–water partition coefficient (Wildman–Crippen LogP) is 0.878. The summed E-state index contributed by atoms with van der Waals surface area (Å²) in [6.45, 7) is 8.02. The van der Waals surface area contributed by atoms with Gasteiger partial charge in [-0.3, -0.25) is 0 Å². The second kappa shape index (κ2) is 10.7. The summed E-state index contributed by atoms with van der Waals surface area (Å²) in [4.78, 5) is 26.8. The zero-order chi connectivity index (χ0) is 20.1. The fourth-order valence-corrected chi connectivity index (χ4v) is 3.63. The Bertz CT molecular complexity index is 816. The van der Waals surface area contributed by atoms with Gasteiger partial charge in [0.1, 0.15) is 5.82 Å². The lowest BCUT2D eigenvalue weighted by Crippen LogP contribution is -2.51. The van der Waals surface area contributed by atoms with Gasteiger partial charge in [0.25, 0.3) is 0 Å². The molecule has 0 aliphatic carbocycles. The molecule has 0 radical (unpaired) electrons. The minimum Gasteiger partial charge on any atom is -0.370 e. The number of rotatable bonds is 4. The van der Waals surface area contributed by atoms with Crippen molar-refractivity contribution in [2.75, 3.05) is 69.2 Å². The van der Waals surface area contributed by atoms with E-state index < -0.39 is 0 Å². The zero-order valence-corrected chi connectivity index (χ0v) is 19.7. The fourth-order valence-electron chi connectivity index (χ4n) is 3.63. The molecule has 2 N–H and O–H groups in total. The summed E-state index contributed by atoms with van der Waals surface area (Å²) in [5, 5.41) is 0. The molecule has 0 saturated carbocycles. The third kappa shape index (κ3) is 5.69. The van der Waals surface area contributed by atoms with Crippen LogP contribution in [0.3, 0.4) is 0 Å². The van der Waals surface area contributed by atoms with E-state index in [0.717, 1.165) is 69.7 Å². The summed E-state index contributed by atoms with van der Waals surface area (Å²) >= 11 is 0. The molecule has 9 nitrogen and oxygen atoms in total. The van der Waals surface area contributed by atoms with Crippen LogP contribution in [-0.2, 0) is 6.54 Å². The number of nitrogens with two attached hydrogens (primary N) is 1. The first-order chi connectivity index (χ1) is 14.2. The van der Waals surface area contributed by atoms with Gasteiger partial charge in [0.15, 0.2) is 5.96 Å². The molecule has 0 atom stereocenters.